The van der Waals surface area contributed by atoms with Crippen molar-refractivity contribution in [3.63, 3.8) is 0 Å². The van der Waals surface area contributed by atoms with Gasteiger partial charge in [0.25, 0.3) is 0 Å². The van der Waals surface area contributed by atoms with Gasteiger partial charge < -0.3 is 15.2 Å². The Morgan fingerprint density at radius 2 is 1.62 bits per heavy atom. The van der Waals surface area contributed by atoms with Crippen LogP contribution in [0.4, 0.5) is 13.2 Å². The molecule has 5 nitrogen and oxygen atoms in total. The van der Waals surface area contributed by atoms with Gasteiger partial charge in [0.1, 0.15) is 17.5 Å². The maximum absolute atomic E-state index is 14.1. The molecule has 1 unspecified atom stereocenters. The number of hydrogen-bond acceptors (Lipinski definition) is 5. The number of rotatable bonds is 8. The second-order valence-electron chi connectivity index (χ2n) is 7.36. The lowest BCUT2D eigenvalue weighted by Gasteiger charge is -2.18. The second-order valence-corrected chi connectivity index (χ2v) is 8.30. The molecule has 0 aliphatic rings. The predicted octanol–water partition coefficient (Wildman–Crippen LogP) is 5.65. The molecule has 4 aromatic rings. The van der Waals surface area contributed by atoms with Crippen molar-refractivity contribution >= 4 is 11.8 Å². The highest BCUT2D eigenvalue weighted by atomic mass is 32.2. The molecular weight excluding hydrogens is 463 g/mol. The zero-order valence-electron chi connectivity index (χ0n) is 18.5. The van der Waals surface area contributed by atoms with E-state index in [4.69, 9.17) is 15.2 Å². The van der Waals surface area contributed by atoms with Crippen LogP contribution in [0.1, 0.15) is 22.9 Å². The third-order valence-corrected chi connectivity index (χ3v) is 6.31. The maximum Gasteiger partial charge on any atom is 0.173 e. The average Bonchev–Trinajstić information content (AvgIpc) is 3.27. The summed E-state index contributed by atoms with van der Waals surface area (Å²) in [6, 6.07) is 14.3. The quantitative estimate of drug-likeness (QED) is 0.327. The fraction of sp³-hybridized carbons (Fsp3) is 0.160. The summed E-state index contributed by atoms with van der Waals surface area (Å²) >= 11 is 1.15. The molecule has 2 N–H and O–H groups in total. The van der Waals surface area contributed by atoms with E-state index in [1.807, 2.05) is 6.07 Å². The summed E-state index contributed by atoms with van der Waals surface area (Å²) in [5, 5.41) is 0.459. The molecule has 0 radical (unpaired) electrons. The van der Waals surface area contributed by atoms with Crippen LogP contribution in [-0.2, 0) is 5.75 Å². The highest BCUT2D eigenvalue weighted by molar-refractivity contribution is 7.98. The Hall–Kier alpha value is -3.43. The number of benzene rings is 3. The number of halogens is 3. The molecule has 1 aromatic heterocycles. The molecule has 34 heavy (non-hydrogen) atoms. The van der Waals surface area contributed by atoms with Gasteiger partial charge in [-0.05, 0) is 54.1 Å². The van der Waals surface area contributed by atoms with Crippen molar-refractivity contribution in [3.05, 3.63) is 101 Å². The molecule has 0 aliphatic carbocycles. The molecule has 1 heterocycles. The van der Waals surface area contributed by atoms with Crippen molar-refractivity contribution in [3.8, 4) is 17.2 Å². The molecule has 0 fully saturated rings. The van der Waals surface area contributed by atoms with E-state index in [1.54, 1.807) is 42.1 Å². The third kappa shape index (κ3) is 4.76. The zero-order chi connectivity index (χ0) is 24.2. The van der Waals surface area contributed by atoms with E-state index in [1.165, 1.54) is 37.4 Å². The van der Waals surface area contributed by atoms with Gasteiger partial charge in [-0.15, -0.1) is 0 Å². The summed E-state index contributed by atoms with van der Waals surface area (Å²) in [5.74, 6) is -0.551. The molecule has 1 atom stereocenters. The lowest BCUT2D eigenvalue weighted by atomic mass is 10.0. The molecule has 0 amide bonds. The van der Waals surface area contributed by atoms with Crippen molar-refractivity contribution in [2.24, 2.45) is 5.73 Å². The molecule has 0 aliphatic heterocycles. The summed E-state index contributed by atoms with van der Waals surface area (Å²) in [7, 11) is 3.08. The van der Waals surface area contributed by atoms with Crippen molar-refractivity contribution in [1.29, 1.82) is 0 Å². The summed E-state index contributed by atoms with van der Waals surface area (Å²) in [4.78, 5) is 4.46. The number of nitrogens with two attached hydrogens (primary N) is 1. The standard InChI is InChI=1S/C25H22F3N3O2S/c1-32-22-11-6-15(12-23(22)33-2)24(29)21-13-30-25(31(21)17-9-7-16(26)8-10-17)34-14-18-19(27)4-3-5-20(18)28/h3-13,24H,14,29H2,1-2H3. The second kappa shape index (κ2) is 10.2. The number of aromatic nitrogens is 2. The lowest BCUT2D eigenvalue weighted by Crippen LogP contribution is -2.16. The minimum atomic E-state index is -0.630. The molecule has 0 saturated carbocycles. The fourth-order valence-corrected chi connectivity index (χ4v) is 4.56. The van der Waals surface area contributed by atoms with Crippen molar-refractivity contribution in [2.45, 2.75) is 17.0 Å². The Labute approximate surface area is 199 Å². The first-order chi connectivity index (χ1) is 16.4. The molecular formula is C25H22F3N3O2S. The number of hydrogen-bond donors (Lipinski definition) is 1. The average molecular weight is 486 g/mol. The molecule has 3 aromatic carbocycles. The number of nitrogens with zero attached hydrogens (tertiary/aromatic N) is 2. The van der Waals surface area contributed by atoms with Crippen molar-refractivity contribution in [1.82, 2.24) is 9.55 Å². The van der Waals surface area contributed by atoms with Crippen LogP contribution in [0.25, 0.3) is 5.69 Å². The molecule has 0 bridgehead atoms. The SMILES string of the molecule is COc1ccc(C(N)c2cnc(SCc3c(F)cccc3F)n2-c2ccc(F)cc2)cc1OC. The van der Waals surface area contributed by atoms with Gasteiger partial charge in [-0.3, -0.25) is 4.57 Å². The van der Waals surface area contributed by atoms with E-state index in [-0.39, 0.29) is 11.3 Å². The Bertz CT molecular complexity index is 1280. The van der Waals surface area contributed by atoms with Crippen molar-refractivity contribution in [2.75, 3.05) is 14.2 Å². The number of imidazole rings is 1. The van der Waals surface area contributed by atoms with Gasteiger partial charge in [0.15, 0.2) is 16.7 Å². The normalized spacial score (nSPS) is 11.9. The number of ether oxygens (including phenoxy) is 2. The molecule has 0 saturated heterocycles. The van der Waals surface area contributed by atoms with Crippen LogP contribution < -0.4 is 15.2 Å². The Kier molecular flexibility index (Phi) is 7.14. The van der Waals surface area contributed by atoms with Gasteiger partial charge in [0, 0.05) is 17.0 Å². The minimum absolute atomic E-state index is 0.0156. The smallest absolute Gasteiger partial charge is 0.173 e. The van der Waals surface area contributed by atoms with Gasteiger partial charge in [0.05, 0.1) is 32.2 Å². The predicted molar refractivity (Wildman–Crippen MR) is 125 cm³/mol. The summed E-state index contributed by atoms with van der Waals surface area (Å²) < 4.78 is 54.3. The zero-order valence-corrected chi connectivity index (χ0v) is 19.3. The largest absolute Gasteiger partial charge is 0.493 e. The van der Waals surface area contributed by atoms with Crippen LogP contribution in [0.3, 0.4) is 0 Å². The first-order valence-electron chi connectivity index (χ1n) is 10.3. The van der Waals surface area contributed by atoms with Gasteiger partial charge in [-0.25, -0.2) is 18.2 Å². The van der Waals surface area contributed by atoms with Crippen LogP contribution in [0.15, 0.2) is 72.0 Å². The molecule has 176 valence electrons. The third-order valence-electron chi connectivity index (χ3n) is 5.33. The van der Waals surface area contributed by atoms with Crippen LogP contribution in [0.5, 0.6) is 11.5 Å². The number of methoxy groups -OCH3 is 2. The van der Waals surface area contributed by atoms with Gasteiger partial charge in [-0.1, -0.05) is 23.9 Å². The van der Waals surface area contributed by atoms with Crippen molar-refractivity contribution < 1.29 is 22.6 Å². The molecule has 0 spiro atoms. The topological polar surface area (TPSA) is 62.3 Å². The highest BCUT2D eigenvalue weighted by Gasteiger charge is 2.21. The monoisotopic (exact) mass is 485 g/mol. The summed E-state index contributed by atoms with van der Waals surface area (Å²) in [5.41, 5.74) is 8.51. The van der Waals surface area contributed by atoms with Gasteiger partial charge in [0.2, 0.25) is 0 Å². The van der Waals surface area contributed by atoms with E-state index in [0.29, 0.717) is 28.0 Å². The first kappa shape index (κ1) is 23.7. The van der Waals surface area contributed by atoms with Gasteiger partial charge >= 0.3 is 0 Å². The van der Waals surface area contributed by atoms with Gasteiger partial charge in [-0.2, -0.15) is 0 Å². The van der Waals surface area contributed by atoms with E-state index in [2.05, 4.69) is 4.98 Å². The summed E-state index contributed by atoms with van der Waals surface area (Å²) in [6.45, 7) is 0. The minimum Gasteiger partial charge on any atom is -0.493 e. The van der Waals surface area contributed by atoms with Crippen LogP contribution >= 0.6 is 11.8 Å². The highest BCUT2D eigenvalue weighted by Crippen LogP contribution is 2.34. The maximum atomic E-state index is 14.1. The van der Waals surface area contributed by atoms with E-state index in [9.17, 15) is 13.2 Å². The van der Waals surface area contributed by atoms with E-state index < -0.39 is 23.5 Å². The van der Waals surface area contributed by atoms with Crippen LogP contribution in [0.2, 0.25) is 0 Å². The van der Waals surface area contributed by atoms with E-state index in [0.717, 1.165) is 17.3 Å². The Morgan fingerprint density at radius 3 is 2.26 bits per heavy atom. The van der Waals surface area contributed by atoms with Crippen LogP contribution in [0, 0.1) is 17.5 Å². The summed E-state index contributed by atoms with van der Waals surface area (Å²) in [6.07, 6.45) is 1.60. The fourth-order valence-electron chi connectivity index (χ4n) is 3.54. The Balaban J connectivity index is 1.74. The lowest BCUT2D eigenvalue weighted by molar-refractivity contribution is 0.354. The molecule has 9 heteroatoms. The number of thioether (sulfide) groups is 1. The van der Waals surface area contributed by atoms with Crippen LogP contribution in [-0.4, -0.2) is 23.8 Å². The molecule has 4 rings (SSSR count). The van der Waals surface area contributed by atoms with E-state index >= 15 is 0 Å². The first-order valence-corrected chi connectivity index (χ1v) is 11.3. The Morgan fingerprint density at radius 1 is 0.941 bits per heavy atom.